The van der Waals surface area contributed by atoms with Gasteiger partial charge in [-0.25, -0.2) is 9.36 Å². The summed E-state index contributed by atoms with van der Waals surface area (Å²) in [6.07, 6.45) is -3.51. The third-order valence-corrected chi connectivity index (χ3v) is 3.80. The van der Waals surface area contributed by atoms with E-state index in [2.05, 4.69) is 42.3 Å². The maximum atomic E-state index is 12.5. The lowest BCUT2D eigenvalue weighted by Crippen LogP contribution is -2.24. The Morgan fingerprint density at radius 1 is 1.33 bits per heavy atom. The first-order valence-corrected chi connectivity index (χ1v) is 10.4. The highest BCUT2D eigenvalue weighted by Gasteiger charge is 2.31. The molecule has 0 fully saturated rings. The second kappa shape index (κ2) is 10.9. The molecule has 6 N–H and O–H groups in total. The molecule has 0 saturated heterocycles. The van der Waals surface area contributed by atoms with Crippen molar-refractivity contribution in [3.05, 3.63) is 47.8 Å². The van der Waals surface area contributed by atoms with Gasteiger partial charge in [-0.3, -0.25) is 25.5 Å². The highest BCUT2D eigenvalue weighted by atomic mass is 32.1. The molecule has 0 unspecified atom stereocenters. The number of nitrogens with zero attached hydrogens (tertiary/aromatic N) is 2. The van der Waals surface area contributed by atoms with E-state index < -0.39 is 38.4 Å². The van der Waals surface area contributed by atoms with Gasteiger partial charge >= 0.3 is 20.3 Å². The van der Waals surface area contributed by atoms with Gasteiger partial charge in [0.05, 0.1) is 11.9 Å². The van der Waals surface area contributed by atoms with Gasteiger partial charge in [0.1, 0.15) is 23.8 Å². The Morgan fingerprint density at radius 3 is 2.70 bits per heavy atom. The lowest BCUT2D eigenvalue weighted by molar-refractivity contribution is -0.274. The standard InChI is InChI=1S/C16H15F3N5O7PS/c17-16(18,19)30-10-3-4-13(31-32(26,27)28)9(6-10)8-29-15(25)23-11-2-1-5-21-12(11)7-22-24-14(20)33/h1-7H,8H2,(H,23,25)(H3,20,24,33)(H2,26,27,28)/b22-7+. The van der Waals surface area contributed by atoms with E-state index in [4.69, 9.17) is 20.3 Å². The molecule has 1 aromatic carbocycles. The van der Waals surface area contributed by atoms with Gasteiger partial charge in [0.15, 0.2) is 5.11 Å². The van der Waals surface area contributed by atoms with E-state index in [1.807, 2.05) is 0 Å². The number of ether oxygens (including phenoxy) is 2. The van der Waals surface area contributed by atoms with Gasteiger partial charge in [-0.1, -0.05) is 0 Å². The number of carbonyl (C=O) groups excluding carboxylic acids is 1. The van der Waals surface area contributed by atoms with Crippen molar-refractivity contribution in [2.45, 2.75) is 13.0 Å². The number of nitrogens with two attached hydrogens (primary N) is 1. The minimum Gasteiger partial charge on any atom is -0.444 e. The van der Waals surface area contributed by atoms with E-state index >= 15 is 0 Å². The quantitative estimate of drug-likeness (QED) is 0.153. The molecule has 1 aromatic heterocycles. The van der Waals surface area contributed by atoms with Gasteiger partial charge in [-0.15, -0.1) is 13.2 Å². The van der Waals surface area contributed by atoms with Crippen LogP contribution >= 0.6 is 20.0 Å². The monoisotopic (exact) mass is 509 g/mol. The van der Waals surface area contributed by atoms with Gasteiger partial charge < -0.3 is 19.7 Å². The number of hydrogen-bond donors (Lipinski definition) is 5. The fourth-order valence-corrected chi connectivity index (χ4v) is 2.64. The number of carbonyl (C=O) groups is 1. The van der Waals surface area contributed by atoms with E-state index in [0.717, 1.165) is 18.2 Å². The molecule has 0 atom stereocenters. The van der Waals surface area contributed by atoms with E-state index in [1.165, 1.54) is 24.5 Å². The number of pyridine rings is 1. The van der Waals surface area contributed by atoms with Crippen molar-refractivity contribution in [1.82, 2.24) is 10.4 Å². The van der Waals surface area contributed by atoms with Gasteiger partial charge in [-0.2, -0.15) is 5.10 Å². The van der Waals surface area contributed by atoms with Crippen LogP contribution in [0.2, 0.25) is 0 Å². The number of phosphoric acid groups is 1. The van der Waals surface area contributed by atoms with Crippen molar-refractivity contribution < 1.29 is 46.3 Å². The van der Waals surface area contributed by atoms with Crippen LogP contribution < -0.4 is 25.7 Å². The summed E-state index contributed by atoms with van der Waals surface area (Å²) in [6.45, 7) is -0.733. The molecule has 2 rings (SSSR count). The molecule has 12 nitrogen and oxygen atoms in total. The van der Waals surface area contributed by atoms with Crippen LogP contribution in [0.25, 0.3) is 0 Å². The summed E-state index contributed by atoms with van der Waals surface area (Å²) in [5.41, 5.74) is 7.51. The number of thiocarbonyl (C=S) groups is 1. The molecule has 0 aliphatic heterocycles. The second-order valence-electron chi connectivity index (χ2n) is 5.77. The Bertz CT molecular complexity index is 1100. The van der Waals surface area contributed by atoms with Crippen LogP contribution in [0.4, 0.5) is 23.7 Å². The van der Waals surface area contributed by atoms with Crippen molar-refractivity contribution in [2.24, 2.45) is 10.8 Å². The zero-order valence-electron chi connectivity index (χ0n) is 16.1. The summed E-state index contributed by atoms with van der Waals surface area (Å²) in [5.74, 6) is -1.25. The predicted molar refractivity (Wildman–Crippen MR) is 111 cm³/mol. The summed E-state index contributed by atoms with van der Waals surface area (Å²) < 4.78 is 61.6. The average Bonchev–Trinajstić information content (AvgIpc) is 2.67. The van der Waals surface area contributed by atoms with Crippen molar-refractivity contribution >= 4 is 43.1 Å². The summed E-state index contributed by atoms with van der Waals surface area (Å²) in [4.78, 5) is 34.1. The number of hydrogen-bond acceptors (Lipinski definition) is 8. The van der Waals surface area contributed by atoms with E-state index in [-0.39, 0.29) is 22.1 Å². The number of phosphoric ester groups is 1. The van der Waals surface area contributed by atoms with E-state index in [0.29, 0.717) is 0 Å². The first-order valence-electron chi connectivity index (χ1n) is 8.43. The predicted octanol–water partition coefficient (Wildman–Crippen LogP) is 2.37. The molecular weight excluding hydrogens is 494 g/mol. The third kappa shape index (κ3) is 9.69. The van der Waals surface area contributed by atoms with Crippen LogP contribution in [0.3, 0.4) is 0 Å². The Kier molecular flexibility index (Phi) is 8.53. The molecule has 1 amide bonds. The number of amides is 1. The van der Waals surface area contributed by atoms with E-state index in [9.17, 15) is 22.5 Å². The zero-order chi connectivity index (χ0) is 24.6. The summed E-state index contributed by atoms with van der Waals surface area (Å²) in [7, 11) is -5.06. The van der Waals surface area contributed by atoms with Gasteiger partial charge in [0.25, 0.3) is 0 Å². The number of benzene rings is 1. The number of anilines is 1. The number of aromatic nitrogens is 1. The summed E-state index contributed by atoms with van der Waals surface area (Å²) >= 11 is 4.59. The number of halogens is 3. The number of rotatable bonds is 8. The average molecular weight is 509 g/mol. The normalized spacial score (nSPS) is 11.7. The lowest BCUT2D eigenvalue weighted by atomic mass is 10.2. The Morgan fingerprint density at radius 2 is 2.06 bits per heavy atom. The van der Waals surface area contributed by atoms with Crippen molar-refractivity contribution in [2.75, 3.05) is 5.32 Å². The Hall–Kier alpha value is -3.46. The highest BCUT2D eigenvalue weighted by molar-refractivity contribution is 7.80. The zero-order valence-corrected chi connectivity index (χ0v) is 17.9. The molecule has 0 radical (unpaired) electrons. The first kappa shape index (κ1) is 25.8. The fraction of sp³-hybridized carbons (Fsp3) is 0.125. The minimum atomic E-state index is -5.06. The molecule has 2 aromatic rings. The number of alkyl halides is 3. The topological polar surface area (TPSA) is 178 Å². The fourth-order valence-electron chi connectivity index (χ4n) is 2.16. The summed E-state index contributed by atoms with van der Waals surface area (Å²) in [5, 5.41) is 5.91. The second-order valence-corrected chi connectivity index (χ2v) is 7.37. The molecule has 178 valence electrons. The van der Waals surface area contributed by atoms with Crippen molar-refractivity contribution in [1.29, 1.82) is 0 Å². The highest BCUT2D eigenvalue weighted by Crippen LogP contribution is 2.40. The smallest absolute Gasteiger partial charge is 0.444 e. The van der Waals surface area contributed by atoms with Gasteiger partial charge in [0.2, 0.25) is 0 Å². The van der Waals surface area contributed by atoms with Crippen LogP contribution in [0.1, 0.15) is 11.3 Å². The Balaban J connectivity index is 2.15. The maximum Gasteiger partial charge on any atom is 0.573 e. The van der Waals surface area contributed by atoms with E-state index in [1.54, 1.807) is 0 Å². The lowest BCUT2D eigenvalue weighted by Gasteiger charge is -2.15. The molecule has 0 bridgehead atoms. The third-order valence-electron chi connectivity index (χ3n) is 3.28. The van der Waals surface area contributed by atoms with Crippen LogP contribution in [0.15, 0.2) is 41.6 Å². The molecule has 0 aliphatic carbocycles. The molecule has 33 heavy (non-hydrogen) atoms. The molecular formula is C16H15F3N5O7PS. The van der Waals surface area contributed by atoms with Crippen LogP contribution in [0.5, 0.6) is 11.5 Å². The molecule has 1 heterocycles. The van der Waals surface area contributed by atoms with Crippen LogP contribution in [-0.2, 0) is 15.9 Å². The largest absolute Gasteiger partial charge is 0.573 e. The first-order chi connectivity index (χ1) is 15.3. The summed E-state index contributed by atoms with van der Waals surface area (Å²) in [6, 6.07) is 5.26. The van der Waals surface area contributed by atoms with Gasteiger partial charge in [-0.05, 0) is 42.5 Å². The van der Waals surface area contributed by atoms with Crippen LogP contribution in [0, 0.1) is 0 Å². The Labute approximate surface area is 188 Å². The minimum absolute atomic E-state index is 0.110. The molecule has 0 saturated carbocycles. The number of nitrogens with one attached hydrogen (secondary N) is 2. The van der Waals surface area contributed by atoms with Crippen molar-refractivity contribution in [3.63, 3.8) is 0 Å². The van der Waals surface area contributed by atoms with Crippen LogP contribution in [-0.4, -0.2) is 38.6 Å². The molecule has 17 heteroatoms. The van der Waals surface area contributed by atoms with Gasteiger partial charge in [0, 0.05) is 11.8 Å². The SMILES string of the molecule is NC(=S)N/N=C/c1ncccc1NC(=O)OCc1cc(OC(F)(F)F)ccc1OP(=O)(O)O. The number of hydrazone groups is 1. The molecule has 0 spiro atoms. The maximum absolute atomic E-state index is 12.5. The molecule has 0 aliphatic rings. The van der Waals surface area contributed by atoms with Crippen molar-refractivity contribution in [3.8, 4) is 11.5 Å².